The maximum Gasteiger partial charge on any atom is 0.0541 e. The van der Waals surface area contributed by atoms with Gasteiger partial charge in [0, 0.05) is 32.8 Å². The fourth-order valence-electron chi connectivity index (χ4n) is 13.0. The van der Waals surface area contributed by atoms with Crippen molar-refractivity contribution in [1.29, 1.82) is 0 Å². The van der Waals surface area contributed by atoms with Crippen LogP contribution < -0.4 is 0 Å². The zero-order valence-corrected chi connectivity index (χ0v) is 47.2. The first-order chi connectivity index (χ1) is 42.6. The molecular formula is C84H56N2. The molecule has 16 aromatic rings. The van der Waals surface area contributed by atoms with Gasteiger partial charge in [-0.05, 0) is 167 Å². The Bertz CT molecular complexity index is 5160. The number of benzene rings is 14. The van der Waals surface area contributed by atoms with Crippen molar-refractivity contribution in [2.24, 2.45) is 0 Å². The van der Waals surface area contributed by atoms with Crippen LogP contribution in [0.15, 0.2) is 340 Å². The monoisotopic (exact) mass is 1090 g/mol. The van der Waals surface area contributed by atoms with E-state index in [9.17, 15) is 0 Å². The number of rotatable bonds is 11. The third kappa shape index (κ3) is 9.18. The summed E-state index contributed by atoms with van der Waals surface area (Å²) < 4.78 is 4.84. The largest absolute Gasteiger partial charge is 0.309 e. The summed E-state index contributed by atoms with van der Waals surface area (Å²) in [5.74, 6) is 0. The molecule has 0 atom stereocenters. The van der Waals surface area contributed by atoms with Crippen LogP contribution in [0, 0.1) is 0 Å². The summed E-state index contributed by atoms with van der Waals surface area (Å²) in [5, 5.41) is 4.96. The second kappa shape index (κ2) is 21.5. The maximum absolute atomic E-state index is 2.43. The van der Waals surface area contributed by atoms with Crippen LogP contribution in [0.1, 0.15) is 0 Å². The molecule has 0 radical (unpaired) electrons. The Labute approximate surface area is 501 Å². The van der Waals surface area contributed by atoms with Crippen LogP contribution in [0.2, 0.25) is 0 Å². The molecule has 402 valence electrons. The number of fused-ring (bicyclic) bond motifs is 6. The number of hydrogen-bond acceptors (Lipinski definition) is 0. The second-order valence-electron chi connectivity index (χ2n) is 22.4. The lowest BCUT2D eigenvalue weighted by Crippen LogP contribution is -1.97. The number of nitrogens with zero attached hydrogens (tertiary/aromatic N) is 2. The number of para-hydroxylation sites is 3. The highest BCUT2D eigenvalue weighted by molar-refractivity contribution is 6.13. The Morgan fingerprint density at radius 2 is 0.430 bits per heavy atom. The van der Waals surface area contributed by atoms with E-state index in [0.29, 0.717) is 0 Å². The van der Waals surface area contributed by atoms with E-state index in [1.165, 1.54) is 149 Å². The van der Waals surface area contributed by atoms with Gasteiger partial charge >= 0.3 is 0 Å². The molecule has 0 amide bonds. The zero-order chi connectivity index (χ0) is 56.9. The smallest absolute Gasteiger partial charge is 0.0541 e. The fraction of sp³-hybridized carbons (Fsp3) is 0. The first-order valence-corrected chi connectivity index (χ1v) is 29.6. The minimum Gasteiger partial charge on any atom is -0.309 e. The summed E-state index contributed by atoms with van der Waals surface area (Å²) in [4.78, 5) is 0. The van der Waals surface area contributed by atoms with Crippen LogP contribution in [0.25, 0.3) is 155 Å². The third-order valence-corrected chi connectivity index (χ3v) is 17.4. The van der Waals surface area contributed by atoms with Gasteiger partial charge in [0.1, 0.15) is 0 Å². The van der Waals surface area contributed by atoms with E-state index < -0.39 is 0 Å². The van der Waals surface area contributed by atoms with Crippen molar-refractivity contribution in [1.82, 2.24) is 9.13 Å². The van der Waals surface area contributed by atoms with Crippen molar-refractivity contribution < 1.29 is 0 Å². The van der Waals surface area contributed by atoms with Crippen LogP contribution in [0.4, 0.5) is 0 Å². The maximum atomic E-state index is 2.43. The van der Waals surface area contributed by atoms with Gasteiger partial charge in [-0.2, -0.15) is 0 Å². The van der Waals surface area contributed by atoms with Crippen LogP contribution >= 0.6 is 0 Å². The summed E-state index contributed by atoms with van der Waals surface area (Å²) in [6.07, 6.45) is 0. The molecule has 2 heterocycles. The fourth-order valence-corrected chi connectivity index (χ4v) is 13.0. The molecule has 0 aliphatic rings. The summed E-state index contributed by atoms with van der Waals surface area (Å²) in [5.41, 5.74) is 28.7. The molecule has 2 aromatic heterocycles. The molecule has 2 nitrogen and oxygen atoms in total. The molecule has 0 unspecified atom stereocenters. The summed E-state index contributed by atoms with van der Waals surface area (Å²) >= 11 is 0. The highest BCUT2D eigenvalue weighted by atomic mass is 15.0. The number of hydrogen-bond donors (Lipinski definition) is 0. The van der Waals surface area contributed by atoms with Gasteiger partial charge in [0.25, 0.3) is 0 Å². The quantitative estimate of drug-likeness (QED) is 0.122. The first-order valence-electron chi connectivity index (χ1n) is 29.6. The van der Waals surface area contributed by atoms with Gasteiger partial charge < -0.3 is 9.13 Å². The molecule has 0 spiro atoms. The van der Waals surface area contributed by atoms with Gasteiger partial charge in [0.05, 0.1) is 27.8 Å². The van der Waals surface area contributed by atoms with E-state index in [2.05, 4.69) is 349 Å². The van der Waals surface area contributed by atoms with Crippen LogP contribution in [-0.4, -0.2) is 9.13 Å². The predicted octanol–water partition coefficient (Wildman–Crippen LogP) is 22.9. The van der Waals surface area contributed by atoms with Gasteiger partial charge in [-0.25, -0.2) is 0 Å². The van der Waals surface area contributed by atoms with Crippen molar-refractivity contribution in [3.05, 3.63) is 340 Å². The van der Waals surface area contributed by atoms with Crippen molar-refractivity contribution in [3.63, 3.8) is 0 Å². The second-order valence-corrected chi connectivity index (χ2v) is 22.4. The van der Waals surface area contributed by atoms with E-state index in [1.54, 1.807) is 0 Å². The molecule has 16 rings (SSSR count). The molecular weight excluding hydrogens is 1040 g/mol. The molecule has 14 aromatic carbocycles. The molecule has 0 aliphatic heterocycles. The standard InChI is InChI=1S/C84H56N2/c1-3-16-57(17-4-1)66-20-13-21-67(52-66)63-40-42-64(43-41-63)69-23-15-25-71(54-69)70-24-14-22-68(53-70)62-38-36-59(37-39-62)58-32-34-60(35-33-58)61-44-48-74(49-45-61)85-81-30-11-8-27-76(81)78-55-72(46-50-83(78)85)73-47-51-84-79(56-73)77-28-9-12-31-82(77)86(84)80-29-10-7-26-75(80)65-18-5-2-6-19-65/h1-56H. The van der Waals surface area contributed by atoms with Crippen LogP contribution in [0.5, 0.6) is 0 Å². The van der Waals surface area contributed by atoms with E-state index in [0.717, 1.165) is 5.69 Å². The molecule has 0 fully saturated rings. The summed E-state index contributed by atoms with van der Waals surface area (Å²) in [6, 6.07) is 124. The van der Waals surface area contributed by atoms with E-state index >= 15 is 0 Å². The average molecular weight is 1090 g/mol. The van der Waals surface area contributed by atoms with E-state index in [-0.39, 0.29) is 0 Å². The van der Waals surface area contributed by atoms with E-state index in [4.69, 9.17) is 0 Å². The van der Waals surface area contributed by atoms with Gasteiger partial charge in [0.15, 0.2) is 0 Å². The minimum absolute atomic E-state index is 1.14. The van der Waals surface area contributed by atoms with Crippen molar-refractivity contribution in [2.45, 2.75) is 0 Å². The molecule has 0 aliphatic carbocycles. The lowest BCUT2D eigenvalue weighted by molar-refractivity contribution is 1.18. The highest BCUT2D eigenvalue weighted by Gasteiger charge is 2.19. The van der Waals surface area contributed by atoms with Crippen molar-refractivity contribution in [3.8, 4) is 112 Å². The van der Waals surface area contributed by atoms with Gasteiger partial charge in [-0.15, -0.1) is 0 Å². The molecule has 0 saturated heterocycles. The van der Waals surface area contributed by atoms with E-state index in [1.807, 2.05) is 0 Å². The molecule has 0 saturated carbocycles. The lowest BCUT2D eigenvalue weighted by Gasteiger charge is -2.14. The van der Waals surface area contributed by atoms with Crippen LogP contribution in [-0.2, 0) is 0 Å². The normalized spacial score (nSPS) is 11.5. The SMILES string of the molecule is c1ccc(-c2cccc(-c3ccc(-c4cccc(-c5cccc(-c6ccc(-c7ccc(-c8ccc(-n9c%10ccccc%10c%10cc(-c%11ccc%12c(c%11)c%11ccccc%11n%12-c%11ccccc%11-c%11ccccc%11)ccc%109)cc8)cc7)cc6)c5)c4)cc3)c2)cc1. The van der Waals surface area contributed by atoms with Gasteiger partial charge in [-0.3, -0.25) is 0 Å². The Kier molecular flexibility index (Phi) is 12.6. The van der Waals surface area contributed by atoms with Crippen molar-refractivity contribution >= 4 is 43.6 Å². The molecule has 0 bridgehead atoms. The molecule has 86 heavy (non-hydrogen) atoms. The lowest BCUT2D eigenvalue weighted by atomic mass is 9.94. The topological polar surface area (TPSA) is 9.86 Å². The Morgan fingerprint density at radius 3 is 0.884 bits per heavy atom. The average Bonchev–Trinajstić information content (AvgIpc) is 2.23. The van der Waals surface area contributed by atoms with Crippen LogP contribution in [0.3, 0.4) is 0 Å². The Morgan fingerprint density at radius 1 is 0.151 bits per heavy atom. The van der Waals surface area contributed by atoms with Gasteiger partial charge in [-0.1, -0.05) is 267 Å². The summed E-state index contributed by atoms with van der Waals surface area (Å²) in [7, 11) is 0. The zero-order valence-electron chi connectivity index (χ0n) is 47.2. The molecule has 2 heteroatoms. The summed E-state index contributed by atoms with van der Waals surface area (Å²) in [6.45, 7) is 0. The first kappa shape index (κ1) is 50.4. The minimum atomic E-state index is 1.14. The highest BCUT2D eigenvalue weighted by Crippen LogP contribution is 2.41. The predicted molar refractivity (Wildman–Crippen MR) is 364 cm³/mol. The van der Waals surface area contributed by atoms with Crippen molar-refractivity contribution in [2.75, 3.05) is 0 Å². The Hall–Kier alpha value is -11.3. The Balaban J connectivity index is 0.627. The van der Waals surface area contributed by atoms with Gasteiger partial charge in [0.2, 0.25) is 0 Å². The number of aromatic nitrogens is 2. The third-order valence-electron chi connectivity index (χ3n) is 17.4. The molecule has 0 N–H and O–H groups in total.